The van der Waals surface area contributed by atoms with Gasteiger partial charge in [-0.2, -0.15) is 0 Å². The van der Waals surface area contributed by atoms with Crippen molar-refractivity contribution in [1.29, 1.82) is 0 Å². The molecule has 0 aliphatic rings. The summed E-state index contributed by atoms with van der Waals surface area (Å²) in [6, 6.07) is 13.4. The van der Waals surface area contributed by atoms with Crippen molar-refractivity contribution in [2.45, 2.75) is 6.54 Å². The summed E-state index contributed by atoms with van der Waals surface area (Å²) < 4.78 is 12.8. The van der Waals surface area contributed by atoms with Crippen LogP contribution < -0.4 is 10.3 Å². The molecule has 0 N–H and O–H groups in total. The first-order chi connectivity index (χ1) is 14.2. The van der Waals surface area contributed by atoms with Crippen LogP contribution in [0.2, 0.25) is 0 Å². The Kier molecular flexibility index (Phi) is 4.49. The normalized spacial score (nSPS) is 11.2. The lowest BCUT2D eigenvalue weighted by Crippen LogP contribution is -2.20. The summed E-state index contributed by atoms with van der Waals surface area (Å²) in [7, 11) is 1.64. The van der Waals surface area contributed by atoms with E-state index in [0.29, 0.717) is 16.8 Å². The number of hydrogen-bond acceptors (Lipinski definition) is 7. The second kappa shape index (κ2) is 7.31. The van der Waals surface area contributed by atoms with E-state index in [2.05, 4.69) is 9.97 Å². The number of furan rings is 1. The number of nitrogens with zero attached hydrogens (tertiary/aromatic N) is 3. The molecule has 8 heteroatoms. The molecule has 0 aliphatic heterocycles. The third-order valence-corrected chi connectivity index (χ3v) is 6.56. The van der Waals surface area contributed by atoms with Crippen molar-refractivity contribution >= 4 is 32.9 Å². The Hall–Kier alpha value is -3.23. The highest BCUT2D eigenvalue weighted by Crippen LogP contribution is 2.32. The molecule has 4 aromatic heterocycles. The van der Waals surface area contributed by atoms with Crippen molar-refractivity contribution in [3.63, 3.8) is 0 Å². The number of rotatable bonds is 5. The summed E-state index contributed by atoms with van der Waals surface area (Å²) in [6.45, 7) is 0.370. The van der Waals surface area contributed by atoms with E-state index >= 15 is 0 Å². The average molecular weight is 422 g/mol. The maximum absolute atomic E-state index is 13.0. The number of fused-ring (bicyclic) bond motifs is 1. The van der Waals surface area contributed by atoms with Crippen molar-refractivity contribution in [1.82, 2.24) is 14.5 Å². The smallest absolute Gasteiger partial charge is 0.271 e. The second-order valence-corrected chi connectivity index (χ2v) is 8.26. The zero-order valence-corrected chi connectivity index (χ0v) is 17.0. The predicted octanol–water partition coefficient (Wildman–Crippen LogP) is 4.90. The Labute approximate surface area is 173 Å². The molecule has 5 rings (SSSR count). The predicted molar refractivity (Wildman–Crippen MR) is 115 cm³/mol. The topological polar surface area (TPSA) is 70.2 Å². The highest BCUT2D eigenvalue weighted by atomic mass is 32.1. The molecule has 0 saturated heterocycles. The minimum atomic E-state index is -0.0627. The fraction of sp³-hybridized carbons (Fsp3) is 0.0952. The van der Waals surface area contributed by atoms with E-state index in [0.717, 1.165) is 32.7 Å². The highest BCUT2D eigenvalue weighted by Gasteiger charge is 2.13. The molecule has 0 spiro atoms. The summed E-state index contributed by atoms with van der Waals surface area (Å²) >= 11 is 2.94. The van der Waals surface area contributed by atoms with Gasteiger partial charge in [0.25, 0.3) is 5.56 Å². The maximum Gasteiger partial charge on any atom is 0.271 e. The van der Waals surface area contributed by atoms with Crippen LogP contribution in [0.1, 0.15) is 5.69 Å². The van der Waals surface area contributed by atoms with Crippen molar-refractivity contribution in [3.8, 4) is 27.0 Å². The Morgan fingerprint density at radius 1 is 1.21 bits per heavy atom. The highest BCUT2D eigenvalue weighted by molar-refractivity contribution is 7.22. The Morgan fingerprint density at radius 2 is 2.07 bits per heavy atom. The van der Waals surface area contributed by atoms with Crippen LogP contribution in [0.15, 0.2) is 69.6 Å². The zero-order valence-electron chi connectivity index (χ0n) is 15.4. The van der Waals surface area contributed by atoms with Crippen LogP contribution in [0, 0.1) is 0 Å². The van der Waals surface area contributed by atoms with E-state index in [-0.39, 0.29) is 5.56 Å². The van der Waals surface area contributed by atoms with Gasteiger partial charge in [-0.15, -0.1) is 22.7 Å². The van der Waals surface area contributed by atoms with E-state index in [9.17, 15) is 4.79 Å². The first-order valence-electron chi connectivity index (χ1n) is 8.83. The van der Waals surface area contributed by atoms with Gasteiger partial charge in [0.05, 0.1) is 37.5 Å². The number of benzene rings is 1. The van der Waals surface area contributed by atoms with Gasteiger partial charge in [-0.25, -0.2) is 9.97 Å². The molecule has 0 bridgehead atoms. The van der Waals surface area contributed by atoms with Crippen LogP contribution in [0.4, 0.5) is 0 Å². The molecule has 29 heavy (non-hydrogen) atoms. The van der Waals surface area contributed by atoms with Gasteiger partial charge >= 0.3 is 0 Å². The lowest BCUT2D eigenvalue weighted by atomic mass is 10.2. The number of ether oxygens (including phenoxy) is 1. The molecule has 0 radical (unpaired) electrons. The molecular weight excluding hydrogens is 406 g/mol. The summed E-state index contributed by atoms with van der Waals surface area (Å²) in [5, 5.41) is 2.73. The SMILES string of the molecule is COc1ccc(-c2cc3ncn(Cc4csc(-c5ccco5)n4)c(=O)c3s2)cc1. The lowest BCUT2D eigenvalue weighted by molar-refractivity contribution is 0.415. The summed E-state index contributed by atoms with van der Waals surface area (Å²) in [4.78, 5) is 23.0. The monoisotopic (exact) mass is 421 g/mol. The number of hydrogen-bond donors (Lipinski definition) is 0. The first kappa shape index (κ1) is 17.8. The average Bonchev–Trinajstić information content (AvgIpc) is 3.50. The Morgan fingerprint density at radius 3 is 2.83 bits per heavy atom. The molecule has 0 fully saturated rings. The fourth-order valence-electron chi connectivity index (χ4n) is 3.02. The van der Waals surface area contributed by atoms with E-state index in [1.807, 2.05) is 47.8 Å². The minimum Gasteiger partial charge on any atom is -0.497 e. The van der Waals surface area contributed by atoms with E-state index < -0.39 is 0 Å². The molecule has 4 heterocycles. The van der Waals surface area contributed by atoms with Gasteiger partial charge in [0, 0.05) is 10.3 Å². The largest absolute Gasteiger partial charge is 0.497 e. The Balaban J connectivity index is 1.46. The first-order valence-corrected chi connectivity index (χ1v) is 10.5. The Bertz CT molecular complexity index is 1330. The number of aromatic nitrogens is 3. The zero-order chi connectivity index (χ0) is 19.8. The van der Waals surface area contributed by atoms with Gasteiger partial charge in [0.1, 0.15) is 10.4 Å². The standard InChI is InChI=1S/C21H15N3O3S2/c1-26-15-6-4-13(5-7-15)18-9-16-19(29-18)21(25)24(12-22-16)10-14-11-28-20(23-14)17-3-2-8-27-17/h2-9,11-12H,10H2,1H3. The van der Waals surface area contributed by atoms with Crippen molar-refractivity contribution in [2.75, 3.05) is 7.11 Å². The van der Waals surface area contributed by atoms with Crippen LogP contribution in [0.5, 0.6) is 5.75 Å². The van der Waals surface area contributed by atoms with Crippen LogP contribution >= 0.6 is 22.7 Å². The van der Waals surface area contributed by atoms with Gasteiger partial charge in [-0.1, -0.05) is 0 Å². The number of methoxy groups -OCH3 is 1. The minimum absolute atomic E-state index is 0.0627. The second-order valence-electron chi connectivity index (χ2n) is 6.35. The van der Waals surface area contributed by atoms with E-state index in [4.69, 9.17) is 9.15 Å². The third-order valence-electron chi connectivity index (χ3n) is 4.49. The van der Waals surface area contributed by atoms with Crippen molar-refractivity contribution < 1.29 is 9.15 Å². The van der Waals surface area contributed by atoms with Gasteiger partial charge in [0.15, 0.2) is 10.8 Å². The molecule has 0 saturated carbocycles. The molecule has 1 aromatic carbocycles. The van der Waals surface area contributed by atoms with Gasteiger partial charge in [0.2, 0.25) is 0 Å². The number of thiophene rings is 1. The van der Waals surface area contributed by atoms with E-state index in [1.165, 1.54) is 22.7 Å². The van der Waals surface area contributed by atoms with Crippen molar-refractivity contribution in [2.24, 2.45) is 0 Å². The maximum atomic E-state index is 13.0. The molecule has 144 valence electrons. The summed E-state index contributed by atoms with van der Waals surface area (Å²) in [5.41, 5.74) is 2.47. The van der Waals surface area contributed by atoms with E-state index in [1.54, 1.807) is 24.3 Å². The van der Waals surface area contributed by atoms with Crippen LogP contribution in [-0.4, -0.2) is 21.6 Å². The fourth-order valence-corrected chi connectivity index (χ4v) is 4.87. The quantitative estimate of drug-likeness (QED) is 0.404. The van der Waals surface area contributed by atoms with Gasteiger partial charge in [-0.05, 0) is 48.0 Å². The van der Waals surface area contributed by atoms with Crippen LogP contribution in [0.25, 0.3) is 31.4 Å². The summed E-state index contributed by atoms with van der Waals surface area (Å²) in [5.74, 6) is 1.53. The summed E-state index contributed by atoms with van der Waals surface area (Å²) in [6.07, 6.45) is 3.21. The van der Waals surface area contributed by atoms with Crippen molar-refractivity contribution in [3.05, 3.63) is 76.5 Å². The molecule has 0 atom stereocenters. The number of thiazole rings is 1. The van der Waals surface area contributed by atoms with Gasteiger partial charge < -0.3 is 9.15 Å². The van der Waals surface area contributed by atoms with Crippen LogP contribution in [-0.2, 0) is 6.54 Å². The van der Waals surface area contributed by atoms with Crippen LogP contribution in [0.3, 0.4) is 0 Å². The van der Waals surface area contributed by atoms with Gasteiger partial charge in [-0.3, -0.25) is 9.36 Å². The molecular formula is C21H15N3O3S2. The molecule has 0 aliphatic carbocycles. The molecule has 6 nitrogen and oxygen atoms in total. The lowest BCUT2D eigenvalue weighted by Gasteiger charge is -2.02. The molecule has 0 unspecified atom stereocenters. The molecule has 0 amide bonds. The molecule has 5 aromatic rings. The third kappa shape index (κ3) is 3.37.